The maximum Gasteiger partial charge on any atom is 0.240 e. The van der Waals surface area contributed by atoms with Crippen molar-refractivity contribution in [2.75, 3.05) is 5.32 Å². The van der Waals surface area contributed by atoms with Crippen LogP contribution in [0.15, 0.2) is 52.3 Å². The van der Waals surface area contributed by atoms with E-state index in [0.717, 1.165) is 23.9 Å². The van der Waals surface area contributed by atoms with Gasteiger partial charge in [-0.05, 0) is 63.2 Å². The fourth-order valence-corrected chi connectivity index (χ4v) is 4.29. The average Bonchev–Trinajstić information content (AvgIpc) is 2.57. The van der Waals surface area contributed by atoms with E-state index >= 15 is 0 Å². The summed E-state index contributed by atoms with van der Waals surface area (Å²) >= 11 is 1.08. The van der Waals surface area contributed by atoms with E-state index in [1.807, 2.05) is 0 Å². The van der Waals surface area contributed by atoms with E-state index in [4.69, 9.17) is 0 Å². The van der Waals surface area contributed by atoms with Crippen molar-refractivity contribution in [1.29, 1.82) is 0 Å². The smallest absolute Gasteiger partial charge is 0.240 e. The van der Waals surface area contributed by atoms with Crippen LogP contribution in [0.1, 0.15) is 20.8 Å². The number of thioether (sulfide) groups is 1. The normalized spacial score (nSPS) is 12.8. The van der Waals surface area contributed by atoms with Gasteiger partial charge in [0, 0.05) is 16.6 Å². The average molecular weight is 414 g/mol. The van der Waals surface area contributed by atoms with Gasteiger partial charge in [0.15, 0.2) is 11.6 Å². The lowest BCUT2D eigenvalue weighted by molar-refractivity contribution is -0.115. The highest BCUT2D eigenvalue weighted by atomic mass is 32.2. The molecule has 2 N–H and O–H groups in total. The summed E-state index contributed by atoms with van der Waals surface area (Å²) in [7, 11) is -3.60. The summed E-state index contributed by atoms with van der Waals surface area (Å²) in [4.78, 5) is 12.8. The van der Waals surface area contributed by atoms with Crippen molar-refractivity contribution in [1.82, 2.24) is 4.72 Å². The maximum atomic E-state index is 13.2. The number of hydrogen-bond donors (Lipinski definition) is 2. The minimum Gasteiger partial charge on any atom is -0.325 e. The topological polar surface area (TPSA) is 75.3 Å². The van der Waals surface area contributed by atoms with Gasteiger partial charge in [-0.3, -0.25) is 4.79 Å². The number of halogens is 2. The van der Waals surface area contributed by atoms with Gasteiger partial charge in [-0.2, -0.15) is 0 Å². The summed E-state index contributed by atoms with van der Waals surface area (Å²) in [6.07, 6.45) is 0. The molecule has 0 aliphatic carbocycles. The first-order valence-electron chi connectivity index (χ1n) is 8.13. The van der Waals surface area contributed by atoms with Gasteiger partial charge >= 0.3 is 0 Å². The Bertz CT molecular complexity index is 917. The SMILES string of the molecule is CC(C)NS(=O)(=O)c1ccc(NC(=O)[C@H](C)Sc2ccc(F)c(F)c2)cc1. The lowest BCUT2D eigenvalue weighted by Crippen LogP contribution is -2.30. The molecule has 1 amide bonds. The third-order valence-corrected chi connectivity index (χ3v) is 6.16. The quantitative estimate of drug-likeness (QED) is 0.677. The summed E-state index contributed by atoms with van der Waals surface area (Å²) in [5, 5.41) is 2.10. The second kappa shape index (κ2) is 8.81. The van der Waals surface area contributed by atoms with Crippen LogP contribution in [0.3, 0.4) is 0 Å². The highest BCUT2D eigenvalue weighted by Gasteiger charge is 2.17. The van der Waals surface area contributed by atoms with E-state index in [1.165, 1.54) is 30.3 Å². The Balaban J connectivity index is 2.01. The molecule has 0 saturated heterocycles. The molecule has 0 radical (unpaired) electrons. The molecule has 27 heavy (non-hydrogen) atoms. The molecule has 9 heteroatoms. The number of rotatable bonds is 7. The van der Waals surface area contributed by atoms with Gasteiger partial charge in [0.1, 0.15) is 0 Å². The predicted octanol–water partition coefficient (Wildman–Crippen LogP) is 3.77. The van der Waals surface area contributed by atoms with Crippen LogP contribution in [0.2, 0.25) is 0 Å². The van der Waals surface area contributed by atoms with Crippen molar-refractivity contribution in [3.63, 3.8) is 0 Å². The van der Waals surface area contributed by atoms with Gasteiger partial charge in [0.2, 0.25) is 15.9 Å². The molecule has 2 rings (SSSR count). The molecule has 1 atom stereocenters. The fourth-order valence-electron chi connectivity index (χ4n) is 2.15. The monoisotopic (exact) mass is 414 g/mol. The predicted molar refractivity (Wildman–Crippen MR) is 102 cm³/mol. The lowest BCUT2D eigenvalue weighted by atomic mass is 10.3. The molecule has 0 aliphatic rings. The molecule has 0 unspecified atom stereocenters. The van der Waals surface area contributed by atoms with E-state index in [2.05, 4.69) is 10.0 Å². The van der Waals surface area contributed by atoms with E-state index in [-0.39, 0.29) is 16.8 Å². The largest absolute Gasteiger partial charge is 0.325 e. The van der Waals surface area contributed by atoms with E-state index in [1.54, 1.807) is 20.8 Å². The van der Waals surface area contributed by atoms with Crippen LogP contribution >= 0.6 is 11.8 Å². The first kappa shape index (κ1) is 21.3. The standard InChI is InChI=1S/C18H20F2N2O3S2/c1-11(2)22-27(24,25)15-7-4-13(5-8-15)21-18(23)12(3)26-14-6-9-16(19)17(20)10-14/h4-12,22H,1-3H3,(H,21,23)/t12-/m0/s1. The summed E-state index contributed by atoms with van der Waals surface area (Å²) < 4.78 is 52.8. The van der Waals surface area contributed by atoms with Crippen molar-refractivity contribution in [3.8, 4) is 0 Å². The van der Waals surface area contributed by atoms with Gasteiger partial charge in [-0.15, -0.1) is 11.8 Å². The minimum absolute atomic E-state index is 0.0957. The second-order valence-corrected chi connectivity index (χ2v) is 9.25. The zero-order chi connectivity index (χ0) is 20.2. The van der Waals surface area contributed by atoms with Crippen molar-refractivity contribution in [3.05, 3.63) is 54.1 Å². The zero-order valence-corrected chi connectivity index (χ0v) is 16.6. The Morgan fingerprint density at radius 3 is 2.19 bits per heavy atom. The number of anilines is 1. The van der Waals surface area contributed by atoms with Gasteiger partial charge in [0.25, 0.3) is 0 Å². The number of benzene rings is 2. The third kappa shape index (κ3) is 6.02. The Labute approximate surface area is 161 Å². The molecule has 0 spiro atoms. The number of nitrogens with one attached hydrogen (secondary N) is 2. The number of carbonyl (C=O) groups is 1. The van der Waals surface area contributed by atoms with Crippen LogP contribution in [0, 0.1) is 11.6 Å². The minimum atomic E-state index is -3.60. The highest BCUT2D eigenvalue weighted by molar-refractivity contribution is 8.00. The second-order valence-electron chi connectivity index (χ2n) is 6.13. The van der Waals surface area contributed by atoms with Gasteiger partial charge in [-0.1, -0.05) is 0 Å². The summed E-state index contributed by atoms with van der Waals surface area (Å²) in [6, 6.07) is 8.97. The Morgan fingerprint density at radius 1 is 1.00 bits per heavy atom. The molecule has 0 aliphatic heterocycles. The van der Waals surface area contributed by atoms with E-state index < -0.39 is 26.9 Å². The molecule has 0 bridgehead atoms. The van der Waals surface area contributed by atoms with Crippen molar-refractivity contribution in [2.45, 2.75) is 41.9 Å². The first-order valence-corrected chi connectivity index (χ1v) is 10.5. The highest BCUT2D eigenvalue weighted by Crippen LogP contribution is 2.26. The summed E-state index contributed by atoms with van der Waals surface area (Å²) in [5.74, 6) is -2.27. The van der Waals surface area contributed by atoms with Gasteiger partial charge in [0.05, 0.1) is 10.1 Å². The Morgan fingerprint density at radius 2 is 1.63 bits per heavy atom. The molecule has 0 saturated carbocycles. The van der Waals surface area contributed by atoms with Crippen LogP contribution < -0.4 is 10.0 Å². The first-order chi connectivity index (χ1) is 12.6. The molecule has 0 heterocycles. The molecule has 5 nitrogen and oxygen atoms in total. The molecular formula is C18H20F2N2O3S2. The molecule has 0 fully saturated rings. The van der Waals surface area contributed by atoms with Crippen molar-refractivity contribution < 1.29 is 22.0 Å². The molecular weight excluding hydrogens is 394 g/mol. The van der Waals surface area contributed by atoms with Crippen molar-refractivity contribution in [2.24, 2.45) is 0 Å². The van der Waals surface area contributed by atoms with Crippen LogP contribution in [-0.2, 0) is 14.8 Å². The van der Waals surface area contributed by atoms with Gasteiger partial charge < -0.3 is 5.32 Å². The molecule has 2 aromatic carbocycles. The van der Waals surface area contributed by atoms with Crippen LogP contribution in [0.25, 0.3) is 0 Å². The summed E-state index contributed by atoms with van der Waals surface area (Å²) in [5.41, 5.74) is 0.432. The van der Waals surface area contributed by atoms with Gasteiger partial charge in [-0.25, -0.2) is 21.9 Å². The number of carbonyl (C=O) groups excluding carboxylic acids is 1. The van der Waals surface area contributed by atoms with E-state index in [9.17, 15) is 22.0 Å². The fraction of sp³-hybridized carbons (Fsp3) is 0.278. The van der Waals surface area contributed by atoms with E-state index in [0.29, 0.717) is 10.6 Å². The zero-order valence-electron chi connectivity index (χ0n) is 15.0. The number of hydrogen-bond acceptors (Lipinski definition) is 4. The molecule has 146 valence electrons. The third-order valence-electron chi connectivity index (χ3n) is 3.40. The maximum absolute atomic E-state index is 13.2. The molecule has 0 aromatic heterocycles. The van der Waals surface area contributed by atoms with Crippen molar-refractivity contribution >= 4 is 33.4 Å². The number of sulfonamides is 1. The van der Waals surface area contributed by atoms with Crippen LogP contribution in [0.5, 0.6) is 0 Å². The molecule has 2 aromatic rings. The Kier molecular flexibility index (Phi) is 6.96. The summed E-state index contributed by atoms with van der Waals surface area (Å²) in [6.45, 7) is 5.07. The lowest BCUT2D eigenvalue weighted by Gasteiger charge is -2.13. The Hall–Kier alpha value is -1.97. The van der Waals surface area contributed by atoms with Crippen LogP contribution in [0.4, 0.5) is 14.5 Å². The number of amides is 1. The van der Waals surface area contributed by atoms with Crippen LogP contribution in [-0.4, -0.2) is 25.6 Å².